The number of anilines is 1. The van der Waals surface area contributed by atoms with Crippen LogP contribution in [0.15, 0.2) is 10.5 Å². The number of esters is 1. The maximum atomic E-state index is 15.0. The second-order valence-corrected chi connectivity index (χ2v) is 12.8. The second kappa shape index (κ2) is 11.6. The summed E-state index contributed by atoms with van der Waals surface area (Å²) in [4.78, 5) is 42.3. The van der Waals surface area contributed by atoms with E-state index in [0.29, 0.717) is 6.42 Å². The molecule has 2 aromatic rings. The number of likely N-dealkylation sites (tertiary alicyclic amines) is 1. The second-order valence-electron chi connectivity index (χ2n) is 11.2. The van der Waals surface area contributed by atoms with Gasteiger partial charge in [0.15, 0.2) is 5.82 Å². The molecule has 39 heavy (non-hydrogen) atoms. The quantitative estimate of drug-likeness (QED) is 0.118. The summed E-state index contributed by atoms with van der Waals surface area (Å²) in [7, 11) is 0. The van der Waals surface area contributed by atoms with Crippen LogP contribution in [0.1, 0.15) is 60.8 Å². The van der Waals surface area contributed by atoms with E-state index >= 15 is 0 Å². The van der Waals surface area contributed by atoms with Gasteiger partial charge < -0.3 is 19.7 Å². The van der Waals surface area contributed by atoms with E-state index in [1.807, 2.05) is 0 Å². The molecule has 0 unspecified atom stereocenters. The Kier molecular flexibility index (Phi) is 9.23. The van der Waals surface area contributed by atoms with Crippen LogP contribution in [-0.4, -0.2) is 56.7 Å². The van der Waals surface area contributed by atoms with E-state index in [-0.39, 0.29) is 45.5 Å². The fourth-order valence-corrected chi connectivity index (χ4v) is 5.04. The molecule has 2 atom stereocenters. The summed E-state index contributed by atoms with van der Waals surface area (Å²) < 4.78 is 25.9. The van der Waals surface area contributed by atoms with Crippen LogP contribution in [0.3, 0.4) is 0 Å². The molecule has 1 fully saturated rings. The minimum atomic E-state index is -0.820. The molecule has 1 aromatic heterocycles. The van der Waals surface area contributed by atoms with Crippen LogP contribution < -0.4 is 5.32 Å². The Morgan fingerprint density at radius 2 is 1.85 bits per heavy atom. The highest BCUT2D eigenvalue weighted by molar-refractivity contribution is 9.10. The van der Waals surface area contributed by atoms with Crippen LogP contribution in [0.5, 0.6) is 0 Å². The molecule has 1 aromatic carbocycles. The maximum absolute atomic E-state index is 15.0. The van der Waals surface area contributed by atoms with E-state index in [9.17, 15) is 24.1 Å². The van der Waals surface area contributed by atoms with Crippen molar-refractivity contribution in [3.8, 4) is 0 Å². The number of piperidine rings is 1. The molecule has 0 aliphatic carbocycles. The van der Waals surface area contributed by atoms with Gasteiger partial charge in [-0.25, -0.2) is 14.2 Å². The zero-order valence-corrected chi connectivity index (χ0v) is 25.5. The van der Waals surface area contributed by atoms with E-state index in [0.717, 1.165) is 0 Å². The van der Waals surface area contributed by atoms with Gasteiger partial charge in [0, 0.05) is 24.0 Å². The molecule has 14 heteroatoms. The zero-order valence-electron chi connectivity index (χ0n) is 22.4. The molecule has 1 amide bonds. The number of fused-ring (bicyclic) bond motifs is 1. The van der Waals surface area contributed by atoms with Gasteiger partial charge in [0.2, 0.25) is 5.15 Å². The van der Waals surface area contributed by atoms with E-state index in [2.05, 4.69) is 26.2 Å². The number of hydrogen-bond acceptors (Lipinski definition) is 8. The van der Waals surface area contributed by atoms with Gasteiger partial charge in [-0.1, -0.05) is 23.2 Å². The first-order chi connectivity index (χ1) is 17.9. The predicted octanol–water partition coefficient (Wildman–Crippen LogP) is 7.26. The minimum absolute atomic E-state index is 0.0102. The number of nitro groups is 1. The molecule has 1 N–H and O–H groups in total. The number of carbonyl (C=O) groups excluding carboxylic acids is 2. The van der Waals surface area contributed by atoms with E-state index in [1.54, 1.807) is 41.5 Å². The molecule has 1 aliphatic heterocycles. The highest BCUT2D eigenvalue weighted by Crippen LogP contribution is 2.43. The van der Waals surface area contributed by atoms with Crippen molar-refractivity contribution >= 4 is 73.5 Å². The third-order valence-corrected chi connectivity index (χ3v) is 7.31. The van der Waals surface area contributed by atoms with Gasteiger partial charge in [-0.15, -0.1) is 0 Å². The first kappa shape index (κ1) is 31.1. The topological polar surface area (TPSA) is 124 Å². The normalized spacial score (nSPS) is 18.2. The number of rotatable bonds is 5. The van der Waals surface area contributed by atoms with Crippen molar-refractivity contribution in [3.63, 3.8) is 0 Å². The van der Waals surface area contributed by atoms with Crippen LogP contribution in [0.4, 0.5) is 20.6 Å². The summed E-state index contributed by atoms with van der Waals surface area (Å²) in [5, 5.41) is 14.6. The first-order valence-corrected chi connectivity index (χ1v) is 13.7. The number of pyridine rings is 1. The van der Waals surface area contributed by atoms with Crippen molar-refractivity contribution in [2.24, 2.45) is 0 Å². The fraction of sp³-hybridized carbons (Fsp3) is 0.560. The number of halogens is 4. The van der Waals surface area contributed by atoms with Crippen LogP contribution in [0, 0.1) is 15.9 Å². The SMILES string of the molecule is CC(C)(C)OC(=O)C[C@@H]1C[C@@H](Nc2c([N+](=O)[O-])c(Cl)nc3c(F)c(Br)c(Cl)cc23)CCN1C(=O)OC(C)(C)C. The third-order valence-electron chi connectivity index (χ3n) is 5.75. The molecular weight excluding hydrogens is 622 g/mol. The van der Waals surface area contributed by atoms with Gasteiger partial charge in [-0.05, 0) is 76.4 Å². The summed E-state index contributed by atoms with van der Waals surface area (Å²) >= 11 is 15.3. The van der Waals surface area contributed by atoms with Crippen LogP contribution >= 0.6 is 39.1 Å². The number of carbonyl (C=O) groups is 2. The molecule has 214 valence electrons. The average molecular weight is 652 g/mol. The van der Waals surface area contributed by atoms with Gasteiger partial charge in [-0.3, -0.25) is 14.9 Å². The number of amides is 1. The van der Waals surface area contributed by atoms with Gasteiger partial charge >= 0.3 is 17.7 Å². The van der Waals surface area contributed by atoms with Gasteiger partial charge in [0.25, 0.3) is 0 Å². The lowest BCUT2D eigenvalue weighted by Crippen LogP contribution is -2.51. The maximum Gasteiger partial charge on any atom is 0.410 e. The molecule has 0 bridgehead atoms. The Labute approximate surface area is 243 Å². The molecule has 0 saturated carbocycles. The zero-order chi connectivity index (χ0) is 29.4. The lowest BCUT2D eigenvalue weighted by molar-refractivity contribution is -0.384. The lowest BCUT2D eigenvalue weighted by atomic mass is 9.94. The van der Waals surface area contributed by atoms with E-state index < -0.39 is 56.9 Å². The van der Waals surface area contributed by atoms with Gasteiger partial charge in [0.05, 0.1) is 20.8 Å². The van der Waals surface area contributed by atoms with Crippen molar-refractivity contribution in [3.05, 3.63) is 36.6 Å². The summed E-state index contributed by atoms with van der Waals surface area (Å²) in [5.41, 5.74) is -2.30. The molecule has 2 heterocycles. The molecule has 0 spiro atoms. The molecular formula is C25H30BrCl2FN4O6. The standard InChI is InChI=1S/C25H30BrCl2FN4O6/c1-24(2,3)38-16(34)10-13-9-12(7-8-32(13)23(35)39-25(4,5)6)30-20-14-11-15(27)17(26)18(29)19(14)31-22(28)21(20)33(36)37/h11-13H,7-10H2,1-6H3,(H,30,31)/t12-,13-/m0/s1. The molecule has 0 radical (unpaired) electrons. The number of nitrogens with one attached hydrogen (secondary N) is 1. The summed E-state index contributed by atoms with van der Waals surface area (Å²) in [5.74, 6) is -1.33. The van der Waals surface area contributed by atoms with Crippen molar-refractivity contribution in [2.45, 2.75) is 84.1 Å². The molecule has 3 rings (SSSR count). The lowest BCUT2D eigenvalue weighted by Gasteiger charge is -2.40. The van der Waals surface area contributed by atoms with E-state index in [4.69, 9.17) is 32.7 Å². The van der Waals surface area contributed by atoms with Crippen LogP contribution in [0.25, 0.3) is 10.9 Å². The van der Waals surface area contributed by atoms with Crippen molar-refractivity contribution in [1.82, 2.24) is 9.88 Å². The fourth-order valence-electron chi connectivity index (χ4n) is 4.30. The molecule has 1 aliphatic rings. The monoisotopic (exact) mass is 650 g/mol. The number of nitrogens with zero attached hydrogens (tertiary/aromatic N) is 3. The largest absolute Gasteiger partial charge is 0.460 e. The Hall–Kier alpha value is -2.44. The third kappa shape index (κ3) is 7.61. The van der Waals surface area contributed by atoms with Gasteiger partial charge in [-0.2, -0.15) is 0 Å². The summed E-state index contributed by atoms with van der Waals surface area (Å²) in [6, 6.07) is 0.247. The summed E-state index contributed by atoms with van der Waals surface area (Å²) in [6.07, 6.45) is -0.155. The first-order valence-electron chi connectivity index (χ1n) is 12.2. The van der Waals surface area contributed by atoms with Gasteiger partial charge in [0.1, 0.15) is 22.4 Å². The van der Waals surface area contributed by atoms with Crippen molar-refractivity contribution in [1.29, 1.82) is 0 Å². The smallest absolute Gasteiger partial charge is 0.410 e. The van der Waals surface area contributed by atoms with Crippen molar-refractivity contribution < 1.29 is 28.4 Å². The Balaban J connectivity index is 2.00. The molecule has 1 saturated heterocycles. The van der Waals surface area contributed by atoms with Crippen LogP contribution in [0.2, 0.25) is 10.2 Å². The Bertz CT molecular complexity index is 1310. The predicted molar refractivity (Wildman–Crippen MR) is 150 cm³/mol. The minimum Gasteiger partial charge on any atom is -0.460 e. The van der Waals surface area contributed by atoms with E-state index in [1.165, 1.54) is 11.0 Å². The summed E-state index contributed by atoms with van der Waals surface area (Å²) in [6.45, 7) is 10.6. The average Bonchev–Trinajstić information content (AvgIpc) is 2.76. The Morgan fingerprint density at radius 3 is 2.41 bits per heavy atom. The molecule has 10 nitrogen and oxygen atoms in total. The Morgan fingerprint density at radius 1 is 1.23 bits per heavy atom. The highest BCUT2D eigenvalue weighted by atomic mass is 79.9. The number of hydrogen-bond donors (Lipinski definition) is 1. The highest BCUT2D eigenvalue weighted by Gasteiger charge is 2.38. The van der Waals surface area contributed by atoms with Crippen LogP contribution in [-0.2, 0) is 14.3 Å². The van der Waals surface area contributed by atoms with Crippen molar-refractivity contribution in [2.75, 3.05) is 11.9 Å². The number of benzene rings is 1. The number of aromatic nitrogens is 1. The number of ether oxygens (including phenoxy) is 2.